The van der Waals surface area contributed by atoms with Crippen LogP contribution in [0.5, 0.6) is 0 Å². The quantitative estimate of drug-likeness (QED) is 0.827. The molecule has 0 atom stereocenters. The minimum absolute atomic E-state index is 0.00963. The average molecular weight is 328 g/mol. The molecule has 2 N–H and O–H groups in total. The van der Waals surface area contributed by atoms with Crippen molar-refractivity contribution < 1.29 is 9.59 Å². The highest BCUT2D eigenvalue weighted by Gasteiger charge is 2.16. The van der Waals surface area contributed by atoms with Gasteiger partial charge in [-0.15, -0.1) is 11.3 Å². The van der Waals surface area contributed by atoms with E-state index in [1.807, 2.05) is 50.4 Å². The second-order valence-corrected chi connectivity index (χ2v) is 6.45. The lowest BCUT2D eigenvalue weighted by molar-refractivity contribution is -0.118. The molecule has 0 radical (unpaired) electrons. The number of nitrogens with one attached hydrogen (secondary N) is 2. The molecule has 0 unspecified atom stereocenters. The van der Waals surface area contributed by atoms with Crippen LogP contribution in [0, 0.1) is 6.92 Å². The van der Waals surface area contributed by atoms with E-state index in [0.717, 1.165) is 10.4 Å². The van der Waals surface area contributed by atoms with Gasteiger partial charge in [-0.2, -0.15) is 0 Å². The Morgan fingerprint density at radius 1 is 1.13 bits per heavy atom. The molecule has 1 aromatic heterocycles. The smallest absolute Gasteiger partial charge is 0.268 e. The first-order valence-corrected chi connectivity index (χ1v) is 8.28. The van der Waals surface area contributed by atoms with Crippen LogP contribution in [0.25, 0.3) is 6.08 Å². The Bertz CT molecular complexity index is 718. The van der Waals surface area contributed by atoms with Gasteiger partial charge in [-0.05, 0) is 49.9 Å². The van der Waals surface area contributed by atoms with Gasteiger partial charge in [0.25, 0.3) is 11.8 Å². The van der Waals surface area contributed by atoms with Gasteiger partial charge in [-0.1, -0.05) is 24.3 Å². The Kier molecular flexibility index (Phi) is 5.71. The molecule has 1 heterocycles. The van der Waals surface area contributed by atoms with E-state index in [9.17, 15) is 9.59 Å². The van der Waals surface area contributed by atoms with Crippen molar-refractivity contribution in [3.05, 3.63) is 63.5 Å². The van der Waals surface area contributed by atoms with Crippen molar-refractivity contribution >= 4 is 29.2 Å². The topological polar surface area (TPSA) is 58.2 Å². The van der Waals surface area contributed by atoms with Gasteiger partial charge in [0.15, 0.2) is 0 Å². The van der Waals surface area contributed by atoms with E-state index < -0.39 is 0 Å². The highest BCUT2D eigenvalue weighted by atomic mass is 32.1. The number of carbonyl (C=O) groups excluding carboxylic acids is 2. The molecule has 2 aromatic rings. The summed E-state index contributed by atoms with van der Waals surface area (Å²) < 4.78 is 0. The van der Waals surface area contributed by atoms with E-state index in [1.54, 1.807) is 18.2 Å². The van der Waals surface area contributed by atoms with Crippen molar-refractivity contribution in [1.82, 2.24) is 10.6 Å². The lowest BCUT2D eigenvalue weighted by atomic mass is 10.1. The predicted octanol–water partition coefficient (Wildman–Crippen LogP) is 3.35. The predicted molar refractivity (Wildman–Crippen MR) is 94.2 cm³/mol. The summed E-state index contributed by atoms with van der Waals surface area (Å²) in [6.45, 7) is 5.62. The van der Waals surface area contributed by atoms with Crippen LogP contribution in [0.4, 0.5) is 0 Å². The molecule has 0 spiro atoms. The summed E-state index contributed by atoms with van der Waals surface area (Å²) in [6, 6.07) is 11.1. The van der Waals surface area contributed by atoms with Crippen molar-refractivity contribution in [3.63, 3.8) is 0 Å². The molecule has 0 aliphatic carbocycles. The molecule has 0 saturated carbocycles. The average Bonchev–Trinajstić information content (AvgIpc) is 2.99. The third-order valence-electron chi connectivity index (χ3n) is 3.13. The van der Waals surface area contributed by atoms with E-state index in [2.05, 4.69) is 10.6 Å². The van der Waals surface area contributed by atoms with Gasteiger partial charge in [0.05, 0.1) is 0 Å². The molecule has 2 amide bonds. The van der Waals surface area contributed by atoms with E-state index in [1.165, 1.54) is 11.3 Å². The number of aryl methyl sites for hydroxylation is 1. The van der Waals surface area contributed by atoms with Gasteiger partial charge in [0, 0.05) is 16.5 Å². The maximum atomic E-state index is 12.5. The van der Waals surface area contributed by atoms with Crippen LogP contribution in [0.3, 0.4) is 0 Å². The zero-order valence-electron chi connectivity index (χ0n) is 13.4. The summed E-state index contributed by atoms with van der Waals surface area (Å²) in [4.78, 5) is 25.7. The van der Waals surface area contributed by atoms with Gasteiger partial charge in [0.2, 0.25) is 0 Å². The lowest BCUT2D eigenvalue weighted by Crippen LogP contribution is -2.38. The third-order valence-corrected chi connectivity index (χ3v) is 3.95. The normalized spacial score (nSPS) is 11.4. The van der Waals surface area contributed by atoms with Crippen LogP contribution in [-0.4, -0.2) is 17.9 Å². The fourth-order valence-corrected chi connectivity index (χ4v) is 2.69. The van der Waals surface area contributed by atoms with E-state index in [-0.39, 0.29) is 23.6 Å². The third kappa shape index (κ3) is 4.79. The molecule has 0 aliphatic rings. The molecular formula is C18H20N2O2S. The Morgan fingerprint density at radius 2 is 1.87 bits per heavy atom. The first-order chi connectivity index (χ1) is 11.0. The molecule has 4 nitrogen and oxygen atoms in total. The minimum atomic E-state index is -0.296. The van der Waals surface area contributed by atoms with Crippen LogP contribution in [0.2, 0.25) is 0 Å². The van der Waals surface area contributed by atoms with Crippen molar-refractivity contribution in [2.75, 3.05) is 0 Å². The van der Waals surface area contributed by atoms with Crippen molar-refractivity contribution in [3.8, 4) is 0 Å². The van der Waals surface area contributed by atoms with Crippen LogP contribution in [0.15, 0.2) is 47.5 Å². The number of carbonyl (C=O) groups is 2. The van der Waals surface area contributed by atoms with Gasteiger partial charge in [0.1, 0.15) is 5.70 Å². The maximum absolute atomic E-state index is 12.5. The number of thiophene rings is 1. The Hall–Kier alpha value is -2.40. The first kappa shape index (κ1) is 17.0. The second kappa shape index (κ2) is 7.74. The molecule has 23 heavy (non-hydrogen) atoms. The van der Waals surface area contributed by atoms with E-state index in [4.69, 9.17) is 0 Å². The highest BCUT2D eigenvalue weighted by Crippen LogP contribution is 2.14. The van der Waals surface area contributed by atoms with Gasteiger partial charge < -0.3 is 10.6 Å². The highest BCUT2D eigenvalue weighted by molar-refractivity contribution is 7.10. The number of amides is 2. The van der Waals surface area contributed by atoms with Crippen molar-refractivity contribution in [2.45, 2.75) is 26.8 Å². The number of rotatable bonds is 5. The number of hydrogen-bond donors (Lipinski definition) is 2. The van der Waals surface area contributed by atoms with Crippen LogP contribution < -0.4 is 10.6 Å². The summed E-state index contributed by atoms with van der Waals surface area (Å²) in [5, 5.41) is 7.47. The fourth-order valence-electron chi connectivity index (χ4n) is 2.03. The summed E-state index contributed by atoms with van der Waals surface area (Å²) >= 11 is 1.51. The first-order valence-electron chi connectivity index (χ1n) is 7.40. The summed E-state index contributed by atoms with van der Waals surface area (Å²) in [5.74, 6) is -0.583. The van der Waals surface area contributed by atoms with Crippen LogP contribution in [0.1, 0.15) is 34.6 Å². The SMILES string of the molecule is Cc1ccccc1C(=O)N/C(=C\c1cccs1)C(=O)NC(C)C. The lowest BCUT2D eigenvalue weighted by Gasteiger charge is -2.13. The van der Waals surface area contributed by atoms with Gasteiger partial charge in [-0.25, -0.2) is 0 Å². The largest absolute Gasteiger partial charge is 0.349 e. The number of hydrogen-bond acceptors (Lipinski definition) is 3. The zero-order chi connectivity index (χ0) is 16.8. The Labute approximate surface area is 140 Å². The summed E-state index contributed by atoms with van der Waals surface area (Å²) in [6.07, 6.45) is 1.69. The molecular weight excluding hydrogens is 308 g/mol. The summed E-state index contributed by atoms with van der Waals surface area (Å²) in [5.41, 5.74) is 1.67. The van der Waals surface area contributed by atoms with Gasteiger partial charge in [-0.3, -0.25) is 9.59 Å². The van der Waals surface area contributed by atoms with E-state index in [0.29, 0.717) is 5.56 Å². The second-order valence-electron chi connectivity index (χ2n) is 5.47. The fraction of sp³-hybridized carbons (Fsp3) is 0.222. The van der Waals surface area contributed by atoms with Crippen LogP contribution >= 0.6 is 11.3 Å². The Morgan fingerprint density at radius 3 is 2.48 bits per heavy atom. The molecule has 120 valence electrons. The molecule has 5 heteroatoms. The maximum Gasteiger partial charge on any atom is 0.268 e. The molecule has 2 rings (SSSR count). The molecule has 0 aliphatic heterocycles. The minimum Gasteiger partial charge on any atom is -0.349 e. The monoisotopic (exact) mass is 328 g/mol. The van der Waals surface area contributed by atoms with Crippen molar-refractivity contribution in [1.29, 1.82) is 0 Å². The molecule has 0 saturated heterocycles. The van der Waals surface area contributed by atoms with Gasteiger partial charge >= 0.3 is 0 Å². The summed E-state index contributed by atoms with van der Waals surface area (Å²) in [7, 11) is 0. The van der Waals surface area contributed by atoms with Crippen LogP contribution in [-0.2, 0) is 4.79 Å². The zero-order valence-corrected chi connectivity index (χ0v) is 14.2. The standard InChI is InChI=1S/C18H20N2O2S/c1-12(2)19-18(22)16(11-14-8-6-10-23-14)20-17(21)15-9-5-4-7-13(15)3/h4-12H,1-3H3,(H,19,22)(H,20,21)/b16-11-. The number of benzene rings is 1. The Balaban J connectivity index is 2.26. The molecule has 0 bridgehead atoms. The molecule has 1 aromatic carbocycles. The van der Waals surface area contributed by atoms with Crippen molar-refractivity contribution in [2.24, 2.45) is 0 Å². The van der Waals surface area contributed by atoms with E-state index >= 15 is 0 Å². The molecule has 0 fully saturated rings.